The minimum atomic E-state index is 0.492. The molecule has 0 radical (unpaired) electrons. The second-order valence-electron chi connectivity index (χ2n) is 7.44. The van der Waals surface area contributed by atoms with Gasteiger partial charge in [-0.15, -0.1) is 6.58 Å². The van der Waals surface area contributed by atoms with Crippen molar-refractivity contribution in [2.75, 3.05) is 27.9 Å². The molecule has 6 nitrogen and oxygen atoms in total. The summed E-state index contributed by atoms with van der Waals surface area (Å²) in [5.41, 5.74) is 3.93. The summed E-state index contributed by atoms with van der Waals surface area (Å²) in [7, 11) is 4.81. The molecule has 3 aromatic carbocycles. The van der Waals surface area contributed by atoms with E-state index in [2.05, 4.69) is 23.3 Å². The fraction of sp³-hybridized carbons (Fsp3) is 0.222. The van der Waals surface area contributed by atoms with Crippen molar-refractivity contribution in [2.24, 2.45) is 0 Å². The summed E-state index contributed by atoms with van der Waals surface area (Å²) in [4.78, 5) is 4.90. The monoisotopic (exact) mass is 444 g/mol. The number of imidazole rings is 1. The summed E-state index contributed by atoms with van der Waals surface area (Å²) in [6.07, 6.45) is 2.65. The lowest BCUT2D eigenvalue weighted by molar-refractivity contribution is 0.298. The highest BCUT2D eigenvalue weighted by molar-refractivity contribution is 5.81. The average molecular weight is 445 g/mol. The Bertz CT molecular complexity index is 1240. The number of methoxy groups -OCH3 is 3. The Morgan fingerprint density at radius 3 is 2.27 bits per heavy atom. The highest BCUT2D eigenvalue weighted by Gasteiger charge is 2.19. The number of ether oxygens (including phenoxy) is 4. The van der Waals surface area contributed by atoms with Gasteiger partial charge >= 0.3 is 0 Å². The van der Waals surface area contributed by atoms with Crippen LogP contribution in [0, 0.1) is 0 Å². The van der Waals surface area contributed by atoms with Crippen molar-refractivity contribution in [1.82, 2.24) is 9.55 Å². The Balaban J connectivity index is 1.71. The zero-order valence-corrected chi connectivity index (χ0v) is 19.2. The zero-order valence-electron chi connectivity index (χ0n) is 19.2. The summed E-state index contributed by atoms with van der Waals surface area (Å²) in [5, 5.41) is 0. The summed E-state index contributed by atoms with van der Waals surface area (Å²) in [6, 6.07) is 19.9. The second-order valence-corrected chi connectivity index (χ2v) is 7.44. The number of benzene rings is 3. The van der Waals surface area contributed by atoms with Crippen LogP contribution in [0.2, 0.25) is 0 Å². The molecular formula is C27H28N2O4. The normalized spacial score (nSPS) is 10.8. The van der Waals surface area contributed by atoms with Crippen LogP contribution in [-0.4, -0.2) is 37.5 Å². The Kier molecular flexibility index (Phi) is 6.83. The van der Waals surface area contributed by atoms with Crippen LogP contribution in [0.25, 0.3) is 22.4 Å². The van der Waals surface area contributed by atoms with Gasteiger partial charge in [0.15, 0.2) is 11.5 Å². The molecule has 0 atom stereocenters. The van der Waals surface area contributed by atoms with E-state index in [4.69, 9.17) is 23.9 Å². The van der Waals surface area contributed by atoms with E-state index >= 15 is 0 Å². The van der Waals surface area contributed by atoms with E-state index < -0.39 is 0 Å². The van der Waals surface area contributed by atoms with Gasteiger partial charge < -0.3 is 23.5 Å². The molecule has 33 heavy (non-hydrogen) atoms. The third-order valence-electron chi connectivity index (χ3n) is 5.49. The van der Waals surface area contributed by atoms with E-state index in [9.17, 15) is 0 Å². The Labute approximate surface area is 194 Å². The van der Waals surface area contributed by atoms with Gasteiger partial charge in [-0.05, 0) is 42.3 Å². The van der Waals surface area contributed by atoms with Crippen LogP contribution in [0.4, 0.5) is 0 Å². The van der Waals surface area contributed by atoms with Crippen molar-refractivity contribution in [1.29, 1.82) is 0 Å². The molecule has 170 valence electrons. The predicted octanol–water partition coefficient (Wildman–Crippen LogP) is 5.54. The highest BCUT2D eigenvalue weighted by atomic mass is 16.5. The van der Waals surface area contributed by atoms with Gasteiger partial charge in [0.25, 0.3) is 0 Å². The average Bonchev–Trinajstić information content (AvgIpc) is 3.23. The van der Waals surface area contributed by atoms with Gasteiger partial charge in [-0.25, -0.2) is 4.98 Å². The number of nitrogens with zero attached hydrogens (tertiary/aromatic N) is 2. The number of rotatable bonds is 10. The number of allylic oxidation sites excluding steroid dienone is 1. The van der Waals surface area contributed by atoms with Crippen LogP contribution in [0.5, 0.6) is 23.0 Å². The van der Waals surface area contributed by atoms with Crippen molar-refractivity contribution in [3.05, 3.63) is 78.9 Å². The topological polar surface area (TPSA) is 54.7 Å². The van der Waals surface area contributed by atoms with E-state index in [0.717, 1.165) is 40.2 Å². The van der Waals surface area contributed by atoms with Crippen molar-refractivity contribution < 1.29 is 18.9 Å². The summed E-state index contributed by atoms with van der Waals surface area (Å²) >= 11 is 0. The number of para-hydroxylation sites is 3. The van der Waals surface area contributed by atoms with Crippen molar-refractivity contribution in [2.45, 2.75) is 13.0 Å². The van der Waals surface area contributed by atoms with E-state index in [1.54, 1.807) is 21.3 Å². The van der Waals surface area contributed by atoms with Crippen LogP contribution >= 0.6 is 0 Å². The zero-order chi connectivity index (χ0) is 23.2. The Hall–Kier alpha value is -3.93. The third kappa shape index (κ3) is 4.51. The maximum Gasteiger partial charge on any atom is 0.203 e. The molecule has 0 N–H and O–H groups in total. The highest BCUT2D eigenvalue weighted by Crippen LogP contribution is 2.41. The first-order valence-corrected chi connectivity index (χ1v) is 10.8. The third-order valence-corrected chi connectivity index (χ3v) is 5.49. The summed E-state index contributed by atoms with van der Waals surface area (Å²) in [6.45, 7) is 4.95. The van der Waals surface area contributed by atoms with Crippen LogP contribution in [0.1, 0.15) is 5.56 Å². The maximum atomic E-state index is 6.16. The number of hydrogen-bond acceptors (Lipinski definition) is 5. The van der Waals surface area contributed by atoms with Gasteiger partial charge in [0, 0.05) is 5.56 Å². The lowest BCUT2D eigenvalue weighted by Crippen LogP contribution is -2.10. The van der Waals surface area contributed by atoms with Gasteiger partial charge in [-0.3, -0.25) is 0 Å². The summed E-state index contributed by atoms with van der Waals surface area (Å²) in [5.74, 6) is 3.39. The molecule has 1 aromatic heterocycles. The molecule has 0 saturated carbocycles. The molecule has 0 amide bonds. The standard InChI is InChI=1S/C27H28N2O4/c1-5-10-19-11-6-9-14-23(19)33-16-15-29-22-13-8-7-12-21(22)28-27(29)20-17-24(30-2)26(32-4)25(18-20)31-3/h5-9,11-14,17-18H,1,10,15-16H2,2-4H3. The summed E-state index contributed by atoms with van der Waals surface area (Å²) < 4.78 is 24.9. The maximum absolute atomic E-state index is 6.16. The molecule has 0 spiro atoms. The fourth-order valence-electron chi connectivity index (χ4n) is 3.95. The fourth-order valence-corrected chi connectivity index (χ4v) is 3.95. The Morgan fingerprint density at radius 1 is 0.879 bits per heavy atom. The molecule has 0 aliphatic carbocycles. The van der Waals surface area contributed by atoms with E-state index in [0.29, 0.717) is 30.4 Å². The molecule has 1 heterocycles. The first kappa shape index (κ1) is 22.3. The van der Waals surface area contributed by atoms with Crippen LogP contribution < -0.4 is 18.9 Å². The lowest BCUT2D eigenvalue weighted by atomic mass is 10.1. The van der Waals surface area contributed by atoms with E-state index in [1.807, 2.05) is 54.6 Å². The first-order chi connectivity index (χ1) is 16.2. The smallest absolute Gasteiger partial charge is 0.203 e. The molecule has 0 saturated heterocycles. The Morgan fingerprint density at radius 2 is 1.58 bits per heavy atom. The molecule has 0 fully saturated rings. The molecule has 0 aliphatic rings. The molecule has 0 aliphatic heterocycles. The van der Waals surface area contributed by atoms with Gasteiger partial charge in [0.05, 0.1) is 38.9 Å². The minimum absolute atomic E-state index is 0.492. The van der Waals surface area contributed by atoms with Crippen LogP contribution in [-0.2, 0) is 13.0 Å². The van der Waals surface area contributed by atoms with Crippen molar-refractivity contribution in [3.8, 4) is 34.4 Å². The number of fused-ring (bicyclic) bond motifs is 1. The predicted molar refractivity (Wildman–Crippen MR) is 131 cm³/mol. The minimum Gasteiger partial charge on any atom is -0.493 e. The van der Waals surface area contributed by atoms with Crippen LogP contribution in [0.15, 0.2) is 73.3 Å². The number of hydrogen-bond donors (Lipinski definition) is 0. The van der Waals surface area contributed by atoms with Gasteiger partial charge in [-0.2, -0.15) is 0 Å². The van der Waals surface area contributed by atoms with E-state index in [1.165, 1.54) is 0 Å². The van der Waals surface area contributed by atoms with E-state index in [-0.39, 0.29) is 0 Å². The molecule has 0 bridgehead atoms. The first-order valence-electron chi connectivity index (χ1n) is 10.8. The van der Waals surface area contributed by atoms with Crippen molar-refractivity contribution >= 4 is 11.0 Å². The largest absolute Gasteiger partial charge is 0.493 e. The van der Waals surface area contributed by atoms with Gasteiger partial charge in [-0.1, -0.05) is 36.4 Å². The van der Waals surface area contributed by atoms with Crippen molar-refractivity contribution in [3.63, 3.8) is 0 Å². The lowest BCUT2D eigenvalue weighted by Gasteiger charge is -2.16. The quantitative estimate of drug-likeness (QED) is 0.301. The molecule has 0 unspecified atom stereocenters. The second kappa shape index (κ2) is 10.1. The number of aromatic nitrogens is 2. The van der Waals surface area contributed by atoms with Gasteiger partial charge in [0.1, 0.15) is 18.2 Å². The van der Waals surface area contributed by atoms with Crippen LogP contribution in [0.3, 0.4) is 0 Å². The molecule has 4 aromatic rings. The molecular weight excluding hydrogens is 416 g/mol. The molecule has 4 rings (SSSR count). The SMILES string of the molecule is C=CCc1ccccc1OCCn1c(-c2cc(OC)c(OC)c(OC)c2)nc2ccccc21. The van der Waals surface area contributed by atoms with Gasteiger partial charge in [0.2, 0.25) is 5.75 Å². The molecule has 6 heteroatoms.